The third-order valence-corrected chi connectivity index (χ3v) is 5.48. The molecule has 0 fully saturated rings. The van der Waals surface area contributed by atoms with E-state index >= 15 is 0 Å². The number of hydrogen-bond donors (Lipinski definition) is 0. The summed E-state index contributed by atoms with van der Waals surface area (Å²) in [5.74, 6) is 1.80. The van der Waals surface area contributed by atoms with Crippen molar-refractivity contribution in [1.82, 2.24) is 4.90 Å². The van der Waals surface area contributed by atoms with Gasteiger partial charge in [0, 0.05) is 7.05 Å². The minimum atomic E-state index is -0.688. The fourth-order valence-electron chi connectivity index (χ4n) is 3.29. The van der Waals surface area contributed by atoms with Gasteiger partial charge < -0.3 is 9.47 Å². The zero-order valence-corrected chi connectivity index (χ0v) is 19.8. The lowest BCUT2D eigenvalue weighted by Crippen LogP contribution is -2.41. The normalized spacial score (nSPS) is 11.5. The van der Waals surface area contributed by atoms with Gasteiger partial charge in [0.2, 0.25) is 0 Å². The largest absolute Gasteiger partial charge is 0.464 e. The zero-order chi connectivity index (χ0) is 22.5. The van der Waals surface area contributed by atoms with Crippen molar-refractivity contribution in [1.29, 1.82) is 0 Å². The topological polar surface area (TPSA) is 55.8 Å². The first-order valence-electron chi connectivity index (χ1n) is 12.0. The van der Waals surface area contributed by atoms with Gasteiger partial charge in [-0.25, -0.2) is 9.59 Å². The number of rotatable bonds is 19. The SMILES string of the molecule is C#CCOC(=O)N(C)C(C)C(=O)OCCCCCCCCCCCCCCCCC. The monoisotopic (exact) mass is 423 g/mol. The second kappa shape index (κ2) is 20.6. The Morgan fingerprint density at radius 1 is 0.800 bits per heavy atom. The van der Waals surface area contributed by atoms with Crippen LogP contribution in [0.2, 0.25) is 0 Å². The number of esters is 1. The van der Waals surface area contributed by atoms with Gasteiger partial charge in [-0.05, 0) is 13.3 Å². The molecule has 0 aromatic heterocycles. The quantitative estimate of drug-likeness (QED) is 0.135. The third kappa shape index (κ3) is 16.1. The van der Waals surface area contributed by atoms with Crippen molar-refractivity contribution in [2.24, 2.45) is 0 Å². The van der Waals surface area contributed by atoms with Gasteiger partial charge in [0.15, 0.2) is 6.61 Å². The average Bonchev–Trinajstić information content (AvgIpc) is 2.75. The maximum absolute atomic E-state index is 12.0. The van der Waals surface area contributed by atoms with E-state index in [1.165, 1.54) is 95.4 Å². The second-order valence-corrected chi connectivity index (χ2v) is 8.16. The van der Waals surface area contributed by atoms with Crippen LogP contribution in [0, 0.1) is 12.3 Å². The maximum Gasteiger partial charge on any atom is 0.411 e. The van der Waals surface area contributed by atoms with Crippen molar-refractivity contribution in [2.45, 2.75) is 116 Å². The van der Waals surface area contributed by atoms with E-state index in [1.807, 2.05) is 0 Å². The van der Waals surface area contributed by atoms with Gasteiger partial charge in [-0.2, -0.15) is 0 Å². The summed E-state index contributed by atoms with van der Waals surface area (Å²) in [6.45, 7) is 4.17. The molecule has 0 rings (SSSR count). The Labute approximate surface area is 185 Å². The Morgan fingerprint density at radius 2 is 1.23 bits per heavy atom. The van der Waals surface area contributed by atoms with E-state index in [2.05, 4.69) is 12.8 Å². The van der Waals surface area contributed by atoms with Crippen LogP contribution in [0.5, 0.6) is 0 Å². The van der Waals surface area contributed by atoms with E-state index < -0.39 is 18.1 Å². The molecule has 0 bridgehead atoms. The lowest BCUT2D eigenvalue weighted by atomic mass is 10.0. The highest BCUT2D eigenvalue weighted by atomic mass is 16.6. The third-order valence-electron chi connectivity index (χ3n) is 5.48. The van der Waals surface area contributed by atoms with E-state index in [0.29, 0.717) is 6.61 Å². The van der Waals surface area contributed by atoms with Gasteiger partial charge in [0.05, 0.1) is 6.61 Å². The molecule has 0 saturated heterocycles. The number of ether oxygens (including phenoxy) is 2. The Hall–Kier alpha value is -1.70. The van der Waals surface area contributed by atoms with Gasteiger partial charge in [-0.3, -0.25) is 4.90 Å². The predicted molar refractivity (Wildman–Crippen MR) is 123 cm³/mol. The van der Waals surface area contributed by atoms with Crippen molar-refractivity contribution in [3.63, 3.8) is 0 Å². The number of terminal acetylenes is 1. The minimum Gasteiger partial charge on any atom is -0.464 e. The van der Waals surface area contributed by atoms with Crippen LogP contribution in [-0.4, -0.2) is 43.3 Å². The molecule has 0 aromatic rings. The van der Waals surface area contributed by atoms with Crippen LogP contribution in [0.3, 0.4) is 0 Å². The molecule has 174 valence electrons. The van der Waals surface area contributed by atoms with Crippen LogP contribution >= 0.6 is 0 Å². The van der Waals surface area contributed by atoms with Gasteiger partial charge >= 0.3 is 12.1 Å². The summed E-state index contributed by atoms with van der Waals surface area (Å²) in [5.41, 5.74) is 0. The predicted octanol–water partition coefficient (Wildman–Crippen LogP) is 6.49. The van der Waals surface area contributed by atoms with E-state index in [4.69, 9.17) is 15.9 Å². The lowest BCUT2D eigenvalue weighted by molar-refractivity contribution is -0.148. The van der Waals surface area contributed by atoms with Crippen molar-refractivity contribution in [3.05, 3.63) is 0 Å². The molecule has 0 radical (unpaired) electrons. The maximum atomic E-state index is 12.0. The number of amides is 1. The zero-order valence-electron chi connectivity index (χ0n) is 19.8. The fraction of sp³-hybridized carbons (Fsp3) is 0.840. The van der Waals surface area contributed by atoms with Crippen molar-refractivity contribution in [3.8, 4) is 12.3 Å². The van der Waals surface area contributed by atoms with E-state index in [-0.39, 0.29) is 6.61 Å². The number of carbonyl (C=O) groups excluding carboxylic acids is 2. The molecule has 5 nitrogen and oxygen atoms in total. The molecule has 0 aliphatic carbocycles. The summed E-state index contributed by atoms with van der Waals surface area (Å²) in [5, 5.41) is 0. The molecule has 0 saturated carbocycles. The van der Waals surface area contributed by atoms with E-state index in [0.717, 1.165) is 12.8 Å². The van der Waals surface area contributed by atoms with Gasteiger partial charge in [0.25, 0.3) is 0 Å². The summed E-state index contributed by atoms with van der Waals surface area (Å²) in [4.78, 5) is 24.9. The number of hydrogen-bond acceptors (Lipinski definition) is 4. The second-order valence-electron chi connectivity index (χ2n) is 8.16. The summed E-state index contributed by atoms with van der Waals surface area (Å²) in [7, 11) is 1.50. The summed E-state index contributed by atoms with van der Waals surface area (Å²) in [6.07, 6.45) is 23.9. The molecule has 1 atom stereocenters. The van der Waals surface area contributed by atoms with Crippen LogP contribution in [0.15, 0.2) is 0 Å². The minimum absolute atomic E-state index is 0.107. The molecule has 0 aromatic carbocycles. The van der Waals surface area contributed by atoms with Crippen LogP contribution in [0.25, 0.3) is 0 Å². The number of likely N-dealkylation sites (N-methyl/N-ethyl adjacent to an activating group) is 1. The average molecular weight is 424 g/mol. The Kier molecular flexibility index (Phi) is 19.4. The molecular formula is C25H45NO4. The first-order valence-corrected chi connectivity index (χ1v) is 12.0. The smallest absolute Gasteiger partial charge is 0.411 e. The molecule has 0 N–H and O–H groups in total. The van der Waals surface area contributed by atoms with Crippen molar-refractivity contribution in [2.75, 3.05) is 20.3 Å². The lowest BCUT2D eigenvalue weighted by Gasteiger charge is -2.22. The molecule has 0 heterocycles. The highest BCUT2D eigenvalue weighted by Gasteiger charge is 2.24. The molecular weight excluding hydrogens is 378 g/mol. The Morgan fingerprint density at radius 3 is 1.67 bits per heavy atom. The van der Waals surface area contributed by atoms with E-state index in [9.17, 15) is 9.59 Å². The van der Waals surface area contributed by atoms with Gasteiger partial charge in [0.1, 0.15) is 6.04 Å². The molecule has 1 amide bonds. The van der Waals surface area contributed by atoms with Gasteiger partial charge in [-0.1, -0.05) is 103 Å². The van der Waals surface area contributed by atoms with Crippen LogP contribution in [0.1, 0.15) is 110 Å². The van der Waals surface area contributed by atoms with Crippen LogP contribution < -0.4 is 0 Å². The number of unbranched alkanes of at least 4 members (excludes halogenated alkanes) is 14. The molecule has 0 aliphatic rings. The van der Waals surface area contributed by atoms with Crippen LogP contribution in [-0.2, 0) is 14.3 Å². The Bertz CT molecular complexity index is 472. The molecule has 5 heteroatoms. The fourth-order valence-corrected chi connectivity index (χ4v) is 3.29. The standard InChI is InChI=1S/C25H45NO4/c1-5-7-8-9-10-11-12-13-14-15-16-17-18-19-20-22-29-24(27)23(3)26(4)25(28)30-21-6-2/h2,23H,5,7-22H2,1,3-4H3. The van der Waals surface area contributed by atoms with E-state index in [1.54, 1.807) is 6.92 Å². The van der Waals surface area contributed by atoms with Crippen molar-refractivity contribution < 1.29 is 19.1 Å². The first-order chi connectivity index (χ1) is 14.5. The summed E-state index contributed by atoms with van der Waals surface area (Å²) in [6, 6.07) is -0.688. The number of nitrogens with zero attached hydrogens (tertiary/aromatic N) is 1. The highest BCUT2D eigenvalue weighted by molar-refractivity contribution is 5.80. The summed E-state index contributed by atoms with van der Waals surface area (Å²) < 4.78 is 10.1. The molecule has 0 spiro atoms. The first kappa shape index (κ1) is 28.3. The van der Waals surface area contributed by atoms with Crippen LogP contribution in [0.4, 0.5) is 4.79 Å². The Balaban J connectivity index is 3.45. The van der Waals surface area contributed by atoms with Gasteiger partial charge in [-0.15, -0.1) is 6.42 Å². The highest BCUT2D eigenvalue weighted by Crippen LogP contribution is 2.13. The molecule has 0 aliphatic heterocycles. The molecule has 1 unspecified atom stereocenters. The van der Waals surface area contributed by atoms with Crippen molar-refractivity contribution >= 4 is 12.1 Å². The number of carbonyl (C=O) groups is 2. The summed E-state index contributed by atoms with van der Waals surface area (Å²) >= 11 is 0. The molecule has 30 heavy (non-hydrogen) atoms.